The van der Waals surface area contributed by atoms with E-state index in [4.69, 9.17) is 4.52 Å². The van der Waals surface area contributed by atoms with Crippen LogP contribution in [0.25, 0.3) is 0 Å². The number of rotatable bonds is 6. The van der Waals surface area contributed by atoms with Crippen LogP contribution in [0.1, 0.15) is 22.7 Å². The molecule has 3 rings (SSSR count). The van der Waals surface area contributed by atoms with Crippen LogP contribution < -0.4 is 10.2 Å². The zero-order valence-corrected chi connectivity index (χ0v) is 14.4. The molecule has 1 fully saturated rings. The van der Waals surface area contributed by atoms with Crippen LogP contribution in [0, 0.1) is 12.7 Å². The second kappa shape index (κ2) is 8.11. The average Bonchev–Trinajstić information content (AvgIpc) is 3.06. The molecule has 0 aliphatic carbocycles. The Hall–Kier alpha value is -2.41. The first-order chi connectivity index (χ1) is 12.1. The van der Waals surface area contributed by atoms with Crippen molar-refractivity contribution in [1.82, 2.24) is 15.4 Å². The lowest BCUT2D eigenvalue weighted by atomic mass is 10.2. The molecule has 0 atom stereocenters. The van der Waals surface area contributed by atoms with Crippen molar-refractivity contribution in [2.75, 3.05) is 44.2 Å². The number of anilines is 1. The number of carbonyl (C=O) groups excluding carboxylic acids is 1. The summed E-state index contributed by atoms with van der Waals surface area (Å²) >= 11 is 0. The molecule has 0 bridgehead atoms. The smallest absolute Gasteiger partial charge is 0.289 e. The van der Waals surface area contributed by atoms with E-state index in [1.807, 2.05) is 12.1 Å². The van der Waals surface area contributed by atoms with E-state index in [-0.39, 0.29) is 17.5 Å². The minimum Gasteiger partial charge on any atom is -0.367 e. The molecule has 1 saturated heterocycles. The first kappa shape index (κ1) is 17.4. The molecule has 1 aliphatic rings. The Morgan fingerprint density at radius 1 is 1.28 bits per heavy atom. The first-order valence-corrected chi connectivity index (χ1v) is 8.57. The summed E-state index contributed by atoms with van der Waals surface area (Å²) < 4.78 is 18.8. The molecule has 0 saturated carbocycles. The average molecular weight is 346 g/mol. The van der Waals surface area contributed by atoms with Crippen LogP contribution in [0.15, 0.2) is 34.9 Å². The van der Waals surface area contributed by atoms with Gasteiger partial charge in [-0.15, -0.1) is 0 Å². The van der Waals surface area contributed by atoms with Gasteiger partial charge in [-0.25, -0.2) is 4.39 Å². The van der Waals surface area contributed by atoms with Crippen molar-refractivity contribution in [2.24, 2.45) is 0 Å². The van der Waals surface area contributed by atoms with Gasteiger partial charge in [0.2, 0.25) is 5.76 Å². The van der Waals surface area contributed by atoms with Crippen molar-refractivity contribution >= 4 is 11.6 Å². The highest BCUT2D eigenvalue weighted by Gasteiger charge is 2.19. The third-order valence-corrected chi connectivity index (χ3v) is 4.35. The van der Waals surface area contributed by atoms with Crippen LogP contribution in [0.5, 0.6) is 0 Å². The normalized spacial score (nSPS) is 15.4. The van der Waals surface area contributed by atoms with E-state index in [1.165, 1.54) is 6.07 Å². The van der Waals surface area contributed by atoms with Gasteiger partial charge in [0, 0.05) is 38.8 Å². The molecule has 2 heterocycles. The van der Waals surface area contributed by atoms with Crippen LogP contribution in [0.3, 0.4) is 0 Å². The number of hydrogen-bond donors (Lipinski definition) is 1. The second-order valence-corrected chi connectivity index (χ2v) is 6.22. The summed E-state index contributed by atoms with van der Waals surface area (Å²) in [6, 6.07) is 8.52. The molecule has 134 valence electrons. The van der Waals surface area contributed by atoms with E-state index in [1.54, 1.807) is 19.1 Å². The Bertz CT molecular complexity index is 711. The number of nitrogens with zero attached hydrogens (tertiary/aromatic N) is 3. The quantitative estimate of drug-likeness (QED) is 0.812. The van der Waals surface area contributed by atoms with Gasteiger partial charge < -0.3 is 14.7 Å². The van der Waals surface area contributed by atoms with E-state index < -0.39 is 0 Å². The first-order valence-electron chi connectivity index (χ1n) is 8.57. The molecular formula is C18H23FN4O2. The predicted octanol–water partition coefficient (Wildman–Crippen LogP) is 2.06. The Morgan fingerprint density at radius 2 is 2.04 bits per heavy atom. The molecule has 25 heavy (non-hydrogen) atoms. The largest absolute Gasteiger partial charge is 0.367 e. The van der Waals surface area contributed by atoms with E-state index in [0.29, 0.717) is 17.9 Å². The van der Waals surface area contributed by atoms with Crippen molar-refractivity contribution in [1.29, 1.82) is 0 Å². The number of amides is 1. The third-order valence-electron chi connectivity index (χ3n) is 4.35. The number of carbonyl (C=O) groups is 1. The predicted molar refractivity (Wildman–Crippen MR) is 93.2 cm³/mol. The number of benzene rings is 1. The second-order valence-electron chi connectivity index (χ2n) is 6.22. The number of halogens is 1. The monoisotopic (exact) mass is 346 g/mol. The molecule has 1 N–H and O–H groups in total. The van der Waals surface area contributed by atoms with E-state index >= 15 is 0 Å². The summed E-state index contributed by atoms with van der Waals surface area (Å²) in [6.07, 6.45) is 0.860. The zero-order chi connectivity index (χ0) is 17.6. The van der Waals surface area contributed by atoms with Gasteiger partial charge in [-0.05, 0) is 32.0 Å². The maximum atomic E-state index is 13.8. The van der Waals surface area contributed by atoms with Gasteiger partial charge in [0.1, 0.15) is 5.82 Å². The van der Waals surface area contributed by atoms with E-state index in [9.17, 15) is 9.18 Å². The lowest BCUT2D eigenvalue weighted by Crippen LogP contribution is -2.47. The van der Waals surface area contributed by atoms with Gasteiger partial charge >= 0.3 is 0 Å². The highest BCUT2D eigenvalue weighted by Crippen LogP contribution is 2.20. The van der Waals surface area contributed by atoms with Gasteiger partial charge in [-0.3, -0.25) is 9.69 Å². The van der Waals surface area contributed by atoms with Crippen LogP contribution in [-0.4, -0.2) is 55.2 Å². The number of hydrogen-bond acceptors (Lipinski definition) is 5. The summed E-state index contributed by atoms with van der Waals surface area (Å²) in [5.74, 6) is -0.151. The van der Waals surface area contributed by atoms with Crippen molar-refractivity contribution in [2.45, 2.75) is 13.3 Å². The van der Waals surface area contributed by atoms with Crippen molar-refractivity contribution in [3.8, 4) is 0 Å². The van der Waals surface area contributed by atoms with Crippen molar-refractivity contribution in [3.63, 3.8) is 0 Å². The van der Waals surface area contributed by atoms with Gasteiger partial charge in [-0.1, -0.05) is 17.3 Å². The number of aromatic nitrogens is 1. The van der Waals surface area contributed by atoms with E-state index in [0.717, 1.165) is 39.1 Å². The standard InChI is InChI=1S/C18H23FN4O2/c1-14-13-17(25-21-14)18(24)20-7-4-8-22-9-11-23(12-10-22)16-6-3-2-5-15(16)19/h2-3,5-6,13H,4,7-12H2,1H3,(H,20,24). The minimum absolute atomic E-state index is 0.165. The summed E-state index contributed by atoms with van der Waals surface area (Å²) in [4.78, 5) is 16.3. The molecule has 0 unspecified atom stereocenters. The molecule has 1 aromatic carbocycles. The number of nitrogens with one attached hydrogen (secondary N) is 1. The Kier molecular flexibility index (Phi) is 5.65. The minimum atomic E-state index is -0.232. The number of piperazine rings is 1. The molecule has 0 radical (unpaired) electrons. The van der Waals surface area contributed by atoms with Crippen LogP contribution in [-0.2, 0) is 0 Å². The summed E-state index contributed by atoms with van der Waals surface area (Å²) in [5.41, 5.74) is 1.37. The molecule has 0 spiro atoms. The van der Waals surface area contributed by atoms with Gasteiger partial charge in [0.05, 0.1) is 11.4 Å². The fraction of sp³-hybridized carbons (Fsp3) is 0.444. The van der Waals surface area contributed by atoms with Gasteiger partial charge in [0.25, 0.3) is 5.91 Å². The molecule has 7 heteroatoms. The molecule has 1 amide bonds. The Morgan fingerprint density at radius 3 is 2.72 bits per heavy atom. The Balaban J connectivity index is 1.36. The van der Waals surface area contributed by atoms with Crippen molar-refractivity contribution < 1.29 is 13.7 Å². The summed E-state index contributed by atoms with van der Waals surface area (Å²) in [6.45, 7) is 6.68. The summed E-state index contributed by atoms with van der Waals surface area (Å²) in [7, 11) is 0. The van der Waals surface area contributed by atoms with Crippen LogP contribution in [0.4, 0.5) is 10.1 Å². The molecular weight excluding hydrogens is 323 g/mol. The van der Waals surface area contributed by atoms with E-state index in [2.05, 4.69) is 20.3 Å². The third kappa shape index (κ3) is 4.57. The highest BCUT2D eigenvalue weighted by atomic mass is 19.1. The molecule has 1 aliphatic heterocycles. The number of para-hydroxylation sites is 1. The maximum Gasteiger partial charge on any atom is 0.289 e. The fourth-order valence-corrected chi connectivity index (χ4v) is 2.98. The van der Waals surface area contributed by atoms with Crippen molar-refractivity contribution in [3.05, 3.63) is 47.6 Å². The lowest BCUT2D eigenvalue weighted by Gasteiger charge is -2.36. The SMILES string of the molecule is Cc1cc(C(=O)NCCCN2CCN(c3ccccc3F)CC2)on1. The highest BCUT2D eigenvalue weighted by molar-refractivity contribution is 5.91. The zero-order valence-electron chi connectivity index (χ0n) is 14.4. The van der Waals surface area contributed by atoms with Crippen LogP contribution in [0.2, 0.25) is 0 Å². The topological polar surface area (TPSA) is 61.6 Å². The number of aryl methyl sites for hydroxylation is 1. The summed E-state index contributed by atoms with van der Waals surface area (Å²) in [5, 5.41) is 6.54. The maximum absolute atomic E-state index is 13.8. The molecule has 6 nitrogen and oxygen atoms in total. The van der Waals surface area contributed by atoms with Crippen LogP contribution >= 0.6 is 0 Å². The fourth-order valence-electron chi connectivity index (χ4n) is 2.98. The van der Waals surface area contributed by atoms with Gasteiger partial charge in [-0.2, -0.15) is 0 Å². The lowest BCUT2D eigenvalue weighted by molar-refractivity contribution is 0.0914. The van der Waals surface area contributed by atoms with Gasteiger partial charge in [0.15, 0.2) is 0 Å². The molecule has 2 aromatic rings. The Labute approximate surface area is 146 Å². The molecule has 1 aromatic heterocycles.